The maximum Gasteiger partial charge on any atom is 0.408 e. The number of ether oxygens (including phenoxy) is 1. The number of carboxylic acids is 1. The molecule has 0 saturated carbocycles. The molecule has 0 saturated heterocycles. The average Bonchev–Trinajstić information content (AvgIpc) is 3.55. The molecule has 0 fully saturated rings. The summed E-state index contributed by atoms with van der Waals surface area (Å²) in [7, 11) is -3.84. The highest BCUT2D eigenvalue weighted by molar-refractivity contribution is 7.95. The van der Waals surface area contributed by atoms with Crippen LogP contribution in [0.1, 0.15) is 44.4 Å². The minimum Gasteiger partial charge on any atom is -0.481 e. The molecule has 1 aromatic carbocycles. The van der Waals surface area contributed by atoms with E-state index in [0.717, 1.165) is 11.8 Å². The van der Waals surface area contributed by atoms with Crippen molar-refractivity contribution in [3.8, 4) is 11.2 Å². The first kappa shape index (κ1) is 40.5. The third-order valence-electron chi connectivity index (χ3n) is 6.74. The Bertz CT molecular complexity index is 1650. The second kappa shape index (κ2) is 20.0. The summed E-state index contributed by atoms with van der Waals surface area (Å²) in [6.45, 7) is 3.43. The molecule has 2 rings (SSSR count). The van der Waals surface area contributed by atoms with Gasteiger partial charge < -0.3 is 47.6 Å². The highest BCUT2D eigenvalue weighted by atomic mass is 32.2. The number of aromatic amines is 1. The zero-order valence-corrected chi connectivity index (χ0v) is 28.7. The second-order valence-electron chi connectivity index (χ2n) is 11.5. The second-order valence-corrected chi connectivity index (χ2v) is 13.2. The van der Waals surface area contributed by atoms with E-state index >= 15 is 0 Å². The average molecular weight is 718 g/mol. The number of carboxylic acid groups (broad SMARTS) is 1. The Morgan fingerprint density at radius 2 is 1.66 bits per heavy atom. The van der Waals surface area contributed by atoms with Crippen LogP contribution in [0.4, 0.5) is 4.79 Å². The smallest absolute Gasteiger partial charge is 0.408 e. The molecule has 4 amide bonds. The third kappa shape index (κ3) is 16.0. The monoisotopic (exact) mass is 717 g/mol. The van der Waals surface area contributed by atoms with Gasteiger partial charge in [-0.05, 0) is 24.3 Å². The number of guanidine groups is 1. The van der Waals surface area contributed by atoms with Crippen molar-refractivity contribution in [2.45, 2.75) is 70.3 Å². The van der Waals surface area contributed by atoms with Crippen molar-refractivity contribution in [3.05, 3.63) is 54.1 Å². The first-order chi connectivity index (χ1) is 23.5. The van der Waals surface area contributed by atoms with Crippen LogP contribution >= 0.6 is 0 Å². The largest absolute Gasteiger partial charge is 0.481 e. The van der Waals surface area contributed by atoms with E-state index in [0.29, 0.717) is 5.69 Å². The number of rotatable bonds is 18. The van der Waals surface area contributed by atoms with Crippen LogP contribution in [0, 0.1) is 17.1 Å². The number of nitrogens with zero attached hydrogens (tertiary/aromatic N) is 2. The minimum absolute atomic E-state index is 0.00249. The van der Waals surface area contributed by atoms with Gasteiger partial charge in [-0.25, -0.2) is 18.2 Å². The molecule has 10 N–H and O–H groups in total. The van der Waals surface area contributed by atoms with Gasteiger partial charge >= 0.3 is 12.1 Å². The van der Waals surface area contributed by atoms with E-state index < -0.39 is 76.1 Å². The van der Waals surface area contributed by atoms with Crippen LogP contribution in [-0.2, 0) is 46.8 Å². The number of nitrogens with one attached hydrogen (secondary N) is 5. The fourth-order valence-electron chi connectivity index (χ4n) is 4.32. The number of amides is 4. The van der Waals surface area contributed by atoms with E-state index in [1.54, 1.807) is 38.1 Å². The van der Waals surface area contributed by atoms with Gasteiger partial charge in [-0.2, -0.15) is 0 Å². The summed E-state index contributed by atoms with van der Waals surface area (Å²) in [6.07, 6.45) is 2.01. The van der Waals surface area contributed by atoms with Crippen molar-refractivity contribution >= 4 is 45.6 Å². The molecule has 0 bridgehead atoms. The molecule has 0 unspecified atom stereocenters. The van der Waals surface area contributed by atoms with E-state index in [-0.39, 0.29) is 38.4 Å². The number of hydrogen-bond donors (Lipinski definition) is 8. The van der Waals surface area contributed by atoms with Crippen LogP contribution in [0.25, 0.3) is 0 Å². The lowest BCUT2D eigenvalue weighted by Gasteiger charge is -2.27. The zero-order chi connectivity index (χ0) is 37.3. The number of nitrogens with two attached hydrogens (primary N) is 2. The number of hydrogen-bond acceptors (Lipinski definition) is 10. The Morgan fingerprint density at radius 1 is 1.00 bits per heavy atom. The van der Waals surface area contributed by atoms with Gasteiger partial charge in [-0.1, -0.05) is 50.1 Å². The molecule has 50 heavy (non-hydrogen) atoms. The molecule has 0 aliphatic heterocycles. The van der Waals surface area contributed by atoms with E-state index in [1.165, 1.54) is 12.5 Å². The Balaban J connectivity index is 2.29. The number of H-pyrrole nitrogens is 1. The van der Waals surface area contributed by atoms with Gasteiger partial charge in [-0.15, -0.1) is 0 Å². The SMILES string of the molecule is CC(C)[C@H](NC(=O)OCc1ccccc1)C(=O)N[C@@H](CCCN=C(N)N)C(=O)N[C@@H](Cc1cnc[nH]1)C(=O)N[C@H](C#CS(C)(=O)=O)CC(=O)O. The quantitative estimate of drug-likeness (QED) is 0.0300. The van der Waals surface area contributed by atoms with E-state index in [2.05, 4.69) is 42.1 Å². The molecule has 2 aromatic rings. The number of sulfone groups is 1. The molecule has 4 atom stereocenters. The lowest BCUT2D eigenvalue weighted by molar-refractivity contribution is -0.137. The number of imidazole rings is 1. The highest BCUT2D eigenvalue weighted by Crippen LogP contribution is 2.09. The Hall–Kier alpha value is -5.64. The molecule has 272 valence electrons. The van der Waals surface area contributed by atoms with Crippen molar-refractivity contribution in [3.63, 3.8) is 0 Å². The minimum atomic E-state index is -3.84. The number of carbonyl (C=O) groups excluding carboxylic acids is 4. The van der Waals surface area contributed by atoms with Crippen LogP contribution in [0.3, 0.4) is 0 Å². The van der Waals surface area contributed by atoms with Crippen molar-refractivity contribution in [1.29, 1.82) is 0 Å². The maximum atomic E-state index is 13.7. The van der Waals surface area contributed by atoms with Gasteiger partial charge in [0.1, 0.15) is 30.8 Å². The normalized spacial score (nSPS) is 13.3. The van der Waals surface area contributed by atoms with Gasteiger partial charge in [0, 0.05) is 30.1 Å². The van der Waals surface area contributed by atoms with Crippen molar-refractivity contribution in [2.75, 3.05) is 12.8 Å². The maximum absolute atomic E-state index is 13.7. The summed E-state index contributed by atoms with van der Waals surface area (Å²) >= 11 is 0. The summed E-state index contributed by atoms with van der Waals surface area (Å²) < 4.78 is 28.4. The molecular weight excluding hydrogens is 674 g/mol. The first-order valence-electron chi connectivity index (χ1n) is 15.4. The number of aliphatic imine (C=N–C) groups is 1. The molecule has 0 spiro atoms. The van der Waals surface area contributed by atoms with Crippen LogP contribution in [0.15, 0.2) is 47.8 Å². The van der Waals surface area contributed by atoms with Crippen molar-refractivity contribution < 1.29 is 42.2 Å². The Morgan fingerprint density at radius 3 is 2.24 bits per heavy atom. The molecule has 1 heterocycles. The predicted octanol–water partition coefficient (Wildman–Crippen LogP) is -1.11. The molecular formula is C31H43N9O9S. The fourth-order valence-corrected chi connectivity index (χ4v) is 4.68. The summed E-state index contributed by atoms with van der Waals surface area (Å²) in [5.41, 5.74) is 12.0. The lowest BCUT2D eigenvalue weighted by atomic mass is 10.0. The van der Waals surface area contributed by atoms with Crippen LogP contribution < -0.4 is 32.7 Å². The summed E-state index contributed by atoms with van der Waals surface area (Å²) in [6, 6.07) is 3.72. The number of benzene rings is 1. The molecule has 1 aromatic heterocycles. The van der Waals surface area contributed by atoms with E-state index in [4.69, 9.17) is 16.2 Å². The number of alkyl carbamates (subject to hydrolysis) is 1. The molecule has 18 nitrogen and oxygen atoms in total. The third-order valence-corrected chi connectivity index (χ3v) is 7.23. The molecule has 0 radical (unpaired) electrons. The number of aliphatic carboxylic acids is 1. The summed E-state index contributed by atoms with van der Waals surface area (Å²) in [5.74, 6) is -2.19. The van der Waals surface area contributed by atoms with Gasteiger partial charge in [0.15, 0.2) is 5.96 Å². The summed E-state index contributed by atoms with van der Waals surface area (Å²) in [5, 5.41) is 21.3. The van der Waals surface area contributed by atoms with Crippen LogP contribution in [0.2, 0.25) is 0 Å². The molecule has 0 aliphatic rings. The number of aromatic nitrogens is 2. The van der Waals surface area contributed by atoms with Gasteiger partial charge in [0.2, 0.25) is 27.6 Å². The van der Waals surface area contributed by atoms with Crippen LogP contribution in [0.5, 0.6) is 0 Å². The Kier molecular flexibility index (Phi) is 16.2. The zero-order valence-electron chi connectivity index (χ0n) is 27.8. The van der Waals surface area contributed by atoms with E-state index in [9.17, 15) is 37.5 Å². The van der Waals surface area contributed by atoms with Gasteiger partial charge in [0.25, 0.3) is 0 Å². The lowest BCUT2D eigenvalue weighted by Crippen LogP contribution is -2.58. The topological polar surface area (TPSA) is 290 Å². The van der Waals surface area contributed by atoms with Crippen molar-refractivity contribution in [2.24, 2.45) is 22.4 Å². The fraction of sp³-hybridized carbons (Fsp3) is 0.452. The van der Waals surface area contributed by atoms with Crippen molar-refractivity contribution in [1.82, 2.24) is 31.2 Å². The van der Waals surface area contributed by atoms with Crippen LogP contribution in [-0.4, -0.2) is 96.2 Å². The molecule has 0 aliphatic carbocycles. The Labute approximate surface area is 289 Å². The highest BCUT2D eigenvalue weighted by Gasteiger charge is 2.32. The standard InChI is InChI=1S/C31H43N9O9S/c1-19(2)26(40-31(46)49-17-20-8-5-4-6-9-20)29(45)38-23(10-7-12-35-30(32)33)27(43)39-24(14-22-16-34-18-36-22)28(44)37-21(15-25(41)42)11-13-50(3,47)48/h4-6,8-9,16,18-19,21,23-24,26H,7,10,12,14-15,17H2,1-3H3,(H,34,36)(H,37,44)(H,38,45)(H,39,43)(H,40,46)(H,41,42)(H4,32,33,35)/t21-,23+,24+,26+/m1/s1. The predicted molar refractivity (Wildman–Crippen MR) is 181 cm³/mol. The van der Waals surface area contributed by atoms with E-state index in [1.807, 2.05) is 11.3 Å². The molecule has 19 heteroatoms. The summed E-state index contributed by atoms with van der Waals surface area (Å²) in [4.78, 5) is 75.2. The number of carbonyl (C=O) groups is 5. The first-order valence-corrected chi connectivity index (χ1v) is 17.3. The van der Waals surface area contributed by atoms with Gasteiger partial charge in [0.05, 0.1) is 19.0 Å². The van der Waals surface area contributed by atoms with Gasteiger partial charge in [-0.3, -0.25) is 24.2 Å².